The Morgan fingerprint density at radius 2 is 1.86 bits per heavy atom. The summed E-state index contributed by atoms with van der Waals surface area (Å²) in [6, 6.07) is 21.7. The Labute approximate surface area is 171 Å². The Hall–Kier alpha value is -3.65. The van der Waals surface area contributed by atoms with Crippen LogP contribution in [0.25, 0.3) is 17.3 Å². The van der Waals surface area contributed by atoms with Crippen LogP contribution in [0.1, 0.15) is 30.9 Å². The van der Waals surface area contributed by atoms with Crippen LogP contribution in [0, 0.1) is 11.3 Å². The van der Waals surface area contributed by atoms with Crippen molar-refractivity contribution < 1.29 is 4.79 Å². The molecule has 1 N–H and O–H groups in total. The van der Waals surface area contributed by atoms with E-state index in [0.29, 0.717) is 13.0 Å². The van der Waals surface area contributed by atoms with Crippen LogP contribution in [0.15, 0.2) is 72.9 Å². The number of rotatable bonds is 8. The molecule has 0 unspecified atom stereocenters. The molecule has 1 atom stereocenters. The predicted molar refractivity (Wildman–Crippen MR) is 115 cm³/mol. The summed E-state index contributed by atoms with van der Waals surface area (Å²) in [6.07, 6.45) is 6.64. The molecule has 5 heteroatoms. The molecular formula is C24H24N4O. The number of amides is 1. The van der Waals surface area contributed by atoms with E-state index >= 15 is 0 Å². The van der Waals surface area contributed by atoms with Crippen molar-refractivity contribution in [2.45, 2.75) is 32.4 Å². The van der Waals surface area contributed by atoms with Crippen molar-refractivity contribution in [3.63, 3.8) is 0 Å². The van der Waals surface area contributed by atoms with Gasteiger partial charge in [0.1, 0.15) is 6.04 Å². The average molecular weight is 384 g/mol. The van der Waals surface area contributed by atoms with E-state index in [9.17, 15) is 4.79 Å². The lowest BCUT2D eigenvalue weighted by atomic mass is 10.1. The van der Waals surface area contributed by atoms with Gasteiger partial charge in [-0.05, 0) is 18.1 Å². The smallest absolute Gasteiger partial charge is 0.245 e. The van der Waals surface area contributed by atoms with Crippen molar-refractivity contribution in [1.82, 2.24) is 15.1 Å². The molecule has 1 aromatic heterocycles. The second kappa shape index (κ2) is 10.0. The van der Waals surface area contributed by atoms with Crippen LogP contribution in [0.5, 0.6) is 0 Å². The number of carbonyl (C=O) groups excluding carboxylic acids is 1. The first kappa shape index (κ1) is 20.1. The Balaban J connectivity index is 1.84. The van der Waals surface area contributed by atoms with Gasteiger partial charge in [-0.25, -0.2) is 0 Å². The summed E-state index contributed by atoms with van der Waals surface area (Å²) in [6.45, 7) is 2.63. The number of nitrogens with one attached hydrogen (secondary N) is 1. The summed E-state index contributed by atoms with van der Waals surface area (Å²) in [5, 5.41) is 16.6. The second-order valence-electron chi connectivity index (χ2n) is 6.79. The van der Waals surface area contributed by atoms with Crippen LogP contribution in [0.4, 0.5) is 0 Å². The molecule has 1 amide bonds. The van der Waals surface area contributed by atoms with Crippen LogP contribution in [-0.4, -0.2) is 21.7 Å². The van der Waals surface area contributed by atoms with Crippen LogP contribution in [0.3, 0.4) is 0 Å². The molecule has 0 spiro atoms. The van der Waals surface area contributed by atoms with E-state index in [1.807, 2.05) is 66.3 Å². The SMILES string of the molecule is CCC[C@@H](C#N)NC(=O)/C=C\c1cn(Cc2ccccc2)nc1-c1ccccc1. The van der Waals surface area contributed by atoms with E-state index in [1.54, 1.807) is 6.08 Å². The average Bonchev–Trinajstić information content (AvgIpc) is 3.16. The molecule has 2 aromatic carbocycles. The molecule has 29 heavy (non-hydrogen) atoms. The summed E-state index contributed by atoms with van der Waals surface area (Å²) in [4.78, 5) is 12.2. The summed E-state index contributed by atoms with van der Waals surface area (Å²) in [7, 11) is 0. The van der Waals surface area contributed by atoms with Crippen LogP contribution in [0.2, 0.25) is 0 Å². The summed E-state index contributed by atoms with van der Waals surface area (Å²) < 4.78 is 1.88. The van der Waals surface area contributed by atoms with Gasteiger partial charge in [-0.2, -0.15) is 10.4 Å². The summed E-state index contributed by atoms with van der Waals surface area (Å²) in [5.41, 5.74) is 3.81. The zero-order chi connectivity index (χ0) is 20.5. The van der Waals surface area contributed by atoms with Gasteiger partial charge in [-0.1, -0.05) is 74.0 Å². The van der Waals surface area contributed by atoms with E-state index in [-0.39, 0.29) is 5.91 Å². The molecule has 0 aliphatic heterocycles. The molecule has 5 nitrogen and oxygen atoms in total. The molecular weight excluding hydrogens is 360 g/mol. The Morgan fingerprint density at radius 3 is 2.52 bits per heavy atom. The lowest BCUT2D eigenvalue weighted by Crippen LogP contribution is -2.32. The fourth-order valence-electron chi connectivity index (χ4n) is 3.07. The summed E-state index contributed by atoms with van der Waals surface area (Å²) in [5.74, 6) is -0.278. The first-order valence-electron chi connectivity index (χ1n) is 9.74. The van der Waals surface area contributed by atoms with Gasteiger partial charge in [0.15, 0.2) is 0 Å². The van der Waals surface area contributed by atoms with Crippen molar-refractivity contribution in [3.8, 4) is 17.3 Å². The van der Waals surface area contributed by atoms with E-state index in [2.05, 4.69) is 23.5 Å². The van der Waals surface area contributed by atoms with Crippen LogP contribution in [-0.2, 0) is 11.3 Å². The highest BCUT2D eigenvalue weighted by Gasteiger charge is 2.11. The number of nitrogens with zero attached hydrogens (tertiary/aromatic N) is 3. The minimum absolute atomic E-state index is 0.278. The molecule has 0 aliphatic rings. The normalized spacial score (nSPS) is 11.9. The van der Waals surface area contributed by atoms with Gasteiger partial charge < -0.3 is 5.32 Å². The van der Waals surface area contributed by atoms with Gasteiger partial charge in [0.2, 0.25) is 5.91 Å². The van der Waals surface area contributed by atoms with Gasteiger partial charge in [0.05, 0.1) is 18.3 Å². The van der Waals surface area contributed by atoms with Crippen molar-refractivity contribution in [2.24, 2.45) is 0 Å². The zero-order valence-electron chi connectivity index (χ0n) is 16.5. The van der Waals surface area contributed by atoms with Gasteiger partial charge >= 0.3 is 0 Å². The highest BCUT2D eigenvalue weighted by molar-refractivity contribution is 5.93. The first-order valence-corrected chi connectivity index (χ1v) is 9.74. The number of aromatic nitrogens is 2. The van der Waals surface area contributed by atoms with Crippen LogP contribution >= 0.6 is 0 Å². The van der Waals surface area contributed by atoms with E-state index in [1.165, 1.54) is 6.08 Å². The monoisotopic (exact) mass is 384 g/mol. The maximum absolute atomic E-state index is 12.2. The van der Waals surface area contributed by atoms with Crippen molar-refractivity contribution >= 4 is 12.0 Å². The van der Waals surface area contributed by atoms with E-state index in [0.717, 1.165) is 28.8 Å². The first-order chi connectivity index (χ1) is 14.2. The van der Waals surface area contributed by atoms with Crippen LogP contribution < -0.4 is 5.32 Å². The molecule has 0 saturated carbocycles. The Bertz CT molecular complexity index is 1000. The number of nitriles is 1. The lowest BCUT2D eigenvalue weighted by molar-refractivity contribution is -0.116. The molecule has 0 fully saturated rings. The molecule has 0 saturated heterocycles. The summed E-state index contributed by atoms with van der Waals surface area (Å²) >= 11 is 0. The minimum Gasteiger partial charge on any atom is -0.337 e. The van der Waals surface area contributed by atoms with Gasteiger partial charge in [0, 0.05) is 23.4 Å². The third-order valence-electron chi connectivity index (χ3n) is 4.49. The molecule has 146 valence electrons. The number of benzene rings is 2. The maximum atomic E-state index is 12.2. The molecule has 3 rings (SSSR count). The molecule has 0 aliphatic carbocycles. The molecule has 0 bridgehead atoms. The van der Waals surface area contributed by atoms with Gasteiger partial charge in [-0.3, -0.25) is 9.48 Å². The minimum atomic E-state index is -0.466. The second-order valence-corrected chi connectivity index (χ2v) is 6.79. The largest absolute Gasteiger partial charge is 0.337 e. The highest BCUT2D eigenvalue weighted by Crippen LogP contribution is 2.23. The Morgan fingerprint density at radius 1 is 1.17 bits per heavy atom. The van der Waals surface area contributed by atoms with Crippen molar-refractivity contribution in [2.75, 3.05) is 0 Å². The van der Waals surface area contributed by atoms with Gasteiger partial charge in [0.25, 0.3) is 0 Å². The third-order valence-corrected chi connectivity index (χ3v) is 4.49. The standard InChI is InChI=1S/C24H24N4O/c1-2-9-22(16-25)26-23(29)15-14-21-18-28(17-19-10-5-3-6-11-19)27-24(21)20-12-7-4-8-13-20/h3-8,10-15,18,22H,2,9,17H2,1H3,(H,26,29)/b15-14-/t22-/m0/s1. The number of hydrogen-bond acceptors (Lipinski definition) is 3. The van der Waals surface area contributed by atoms with Crippen molar-refractivity contribution in [1.29, 1.82) is 5.26 Å². The fraction of sp³-hybridized carbons (Fsp3) is 0.208. The van der Waals surface area contributed by atoms with E-state index < -0.39 is 6.04 Å². The quantitative estimate of drug-likeness (QED) is 0.585. The topological polar surface area (TPSA) is 70.7 Å². The molecule has 1 heterocycles. The fourth-order valence-corrected chi connectivity index (χ4v) is 3.07. The zero-order valence-corrected chi connectivity index (χ0v) is 16.5. The number of carbonyl (C=O) groups is 1. The van der Waals surface area contributed by atoms with Crippen molar-refractivity contribution in [3.05, 3.63) is 84.1 Å². The molecule has 3 aromatic rings. The number of hydrogen-bond donors (Lipinski definition) is 1. The molecule has 0 radical (unpaired) electrons. The maximum Gasteiger partial charge on any atom is 0.245 e. The predicted octanol–water partition coefficient (Wildman–Crippen LogP) is 4.42. The Kier molecular flexibility index (Phi) is 6.96. The van der Waals surface area contributed by atoms with Gasteiger partial charge in [-0.15, -0.1) is 0 Å². The lowest BCUT2D eigenvalue weighted by Gasteiger charge is -2.07. The third kappa shape index (κ3) is 5.66. The van der Waals surface area contributed by atoms with E-state index in [4.69, 9.17) is 10.4 Å². The highest BCUT2D eigenvalue weighted by atomic mass is 16.1.